The van der Waals surface area contributed by atoms with Gasteiger partial charge < -0.3 is 10.5 Å². The number of sulfonamides is 1. The number of anilines is 1. The number of ether oxygens (including phenoxy) is 1. The number of nitrogen functional groups attached to an aromatic ring is 1. The molecule has 21 heavy (non-hydrogen) atoms. The van der Waals surface area contributed by atoms with Crippen LogP contribution in [0, 0.1) is 0 Å². The minimum atomic E-state index is -3.55. The molecule has 0 atom stereocenters. The Balaban J connectivity index is 2.39. The van der Waals surface area contributed by atoms with Crippen LogP contribution in [0.2, 0.25) is 0 Å². The largest absolute Gasteiger partial charge is 0.454 e. The van der Waals surface area contributed by atoms with Crippen molar-refractivity contribution in [1.82, 2.24) is 4.72 Å². The third kappa shape index (κ3) is 3.75. The lowest BCUT2D eigenvalue weighted by Crippen LogP contribution is -2.23. The van der Waals surface area contributed by atoms with E-state index >= 15 is 0 Å². The first kappa shape index (κ1) is 15.8. The minimum Gasteiger partial charge on any atom is -0.454 e. The number of nitrogens with one attached hydrogen (secondary N) is 1. The molecular formula is C14H15BrN2O3S. The number of para-hydroxylation sites is 1. The third-order valence-corrected chi connectivity index (χ3v) is 4.88. The second-order valence-corrected chi connectivity index (χ2v) is 6.85. The zero-order valence-electron chi connectivity index (χ0n) is 11.3. The standard InChI is InChI=1S/C14H15BrN2O3S/c1-2-17-21(18,19)10-7-8-12(16)14(9-10)20-13-6-4-3-5-11(13)15/h3-9,17H,2,16H2,1H3. The van der Waals surface area contributed by atoms with Crippen molar-refractivity contribution >= 4 is 31.6 Å². The summed E-state index contributed by atoms with van der Waals surface area (Å²) in [6.45, 7) is 2.03. The molecule has 3 N–H and O–H groups in total. The van der Waals surface area contributed by atoms with Crippen LogP contribution < -0.4 is 15.2 Å². The van der Waals surface area contributed by atoms with Gasteiger partial charge in [0.15, 0.2) is 5.75 Å². The van der Waals surface area contributed by atoms with Crippen LogP contribution in [0.3, 0.4) is 0 Å². The number of hydrogen-bond donors (Lipinski definition) is 2. The predicted molar refractivity (Wildman–Crippen MR) is 85.9 cm³/mol. The van der Waals surface area contributed by atoms with Crippen molar-refractivity contribution in [3.05, 3.63) is 46.9 Å². The monoisotopic (exact) mass is 370 g/mol. The maximum atomic E-state index is 12.0. The van der Waals surface area contributed by atoms with Gasteiger partial charge in [0.1, 0.15) is 5.75 Å². The van der Waals surface area contributed by atoms with Gasteiger partial charge in [0.2, 0.25) is 10.0 Å². The van der Waals surface area contributed by atoms with E-state index in [-0.39, 0.29) is 4.90 Å². The molecule has 0 spiro atoms. The average Bonchev–Trinajstić information content (AvgIpc) is 2.43. The van der Waals surface area contributed by atoms with Gasteiger partial charge in [-0.3, -0.25) is 0 Å². The molecule has 112 valence electrons. The van der Waals surface area contributed by atoms with Gasteiger partial charge in [-0.05, 0) is 40.2 Å². The highest BCUT2D eigenvalue weighted by atomic mass is 79.9. The zero-order chi connectivity index (χ0) is 15.5. The molecule has 2 aromatic carbocycles. The lowest BCUT2D eigenvalue weighted by atomic mass is 10.3. The van der Waals surface area contributed by atoms with Gasteiger partial charge in [0.25, 0.3) is 0 Å². The fourth-order valence-electron chi connectivity index (χ4n) is 1.69. The first-order chi connectivity index (χ1) is 9.94. The van der Waals surface area contributed by atoms with E-state index in [4.69, 9.17) is 10.5 Å². The second kappa shape index (κ2) is 6.46. The number of nitrogens with two attached hydrogens (primary N) is 1. The van der Waals surface area contributed by atoms with Gasteiger partial charge in [-0.1, -0.05) is 19.1 Å². The van der Waals surface area contributed by atoms with Crippen molar-refractivity contribution in [1.29, 1.82) is 0 Å². The summed E-state index contributed by atoms with van der Waals surface area (Å²) in [4.78, 5) is 0.112. The van der Waals surface area contributed by atoms with E-state index < -0.39 is 10.0 Å². The van der Waals surface area contributed by atoms with E-state index in [1.807, 2.05) is 18.2 Å². The highest BCUT2D eigenvalue weighted by molar-refractivity contribution is 9.10. The van der Waals surface area contributed by atoms with Crippen LogP contribution >= 0.6 is 15.9 Å². The molecule has 0 radical (unpaired) electrons. The quantitative estimate of drug-likeness (QED) is 0.792. The Morgan fingerprint density at radius 2 is 1.90 bits per heavy atom. The Morgan fingerprint density at radius 3 is 2.57 bits per heavy atom. The Bertz CT molecular complexity index is 748. The van der Waals surface area contributed by atoms with Crippen LogP contribution in [0.25, 0.3) is 0 Å². The predicted octanol–water partition coefficient (Wildman–Crippen LogP) is 3.12. The summed E-state index contributed by atoms with van der Waals surface area (Å²) >= 11 is 3.36. The van der Waals surface area contributed by atoms with E-state index in [2.05, 4.69) is 20.7 Å². The van der Waals surface area contributed by atoms with Crippen molar-refractivity contribution in [3.63, 3.8) is 0 Å². The van der Waals surface area contributed by atoms with Crippen molar-refractivity contribution in [2.45, 2.75) is 11.8 Å². The summed E-state index contributed by atoms with van der Waals surface area (Å²) < 4.78 is 32.9. The number of rotatable bonds is 5. The molecule has 5 nitrogen and oxygen atoms in total. The van der Waals surface area contributed by atoms with Gasteiger partial charge in [-0.2, -0.15) is 0 Å². The van der Waals surface area contributed by atoms with Crippen LogP contribution in [0.5, 0.6) is 11.5 Å². The van der Waals surface area contributed by atoms with Gasteiger partial charge in [0, 0.05) is 12.6 Å². The summed E-state index contributed by atoms with van der Waals surface area (Å²) in [5.41, 5.74) is 6.21. The summed E-state index contributed by atoms with van der Waals surface area (Å²) in [5, 5.41) is 0. The molecule has 0 heterocycles. The summed E-state index contributed by atoms with van der Waals surface area (Å²) in [7, 11) is -3.55. The molecule has 0 aliphatic carbocycles. The third-order valence-electron chi connectivity index (χ3n) is 2.69. The maximum Gasteiger partial charge on any atom is 0.240 e. The van der Waals surface area contributed by atoms with E-state index in [1.54, 1.807) is 13.0 Å². The molecule has 0 bridgehead atoms. The molecular weight excluding hydrogens is 356 g/mol. The molecule has 0 amide bonds. The molecule has 0 aliphatic rings. The normalized spacial score (nSPS) is 11.3. The van der Waals surface area contributed by atoms with Crippen LogP contribution in [0.1, 0.15) is 6.92 Å². The number of hydrogen-bond acceptors (Lipinski definition) is 4. The van der Waals surface area contributed by atoms with Crippen LogP contribution in [-0.2, 0) is 10.0 Å². The van der Waals surface area contributed by atoms with Crippen molar-refractivity contribution in [3.8, 4) is 11.5 Å². The molecule has 2 rings (SSSR count). The Labute approximate surface area is 132 Å². The Kier molecular flexibility index (Phi) is 4.87. The first-order valence-electron chi connectivity index (χ1n) is 6.25. The van der Waals surface area contributed by atoms with E-state index in [1.165, 1.54) is 18.2 Å². The molecule has 7 heteroatoms. The minimum absolute atomic E-state index is 0.112. The highest BCUT2D eigenvalue weighted by Crippen LogP contribution is 2.33. The van der Waals surface area contributed by atoms with E-state index in [0.29, 0.717) is 23.7 Å². The molecule has 0 aromatic heterocycles. The smallest absolute Gasteiger partial charge is 0.240 e. The van der Waals surface area contributed by atoms with Gasteiger partial charge >= 0.3 is 0 Å². The van der Waals surface area contributed by atoms with E-state index in [0.717, 1.165) is 4.47 Å². The summed E-state index contributed by atoms with van der Waals surface area (Å²) in [6.07, 6.45) is 0. The average molecular weight is 371 g/mol. The summed E-state index contributed by atoms with van der Waals surface area (Å²) in [6, 6.07) is 11.6. The SMILES string of the molecule is CCNS(=O)(=O)c1ccc(N)c(Oc2ccccc2Br)c1. The maximum absolute atomic E-state index is 12.0. The molecule has 0 unspecified atom stereocenters. The zero-order valence-corrected chi connectivity index (χ0v) is 13.7. The fourth-order valence-corrected chi connectivity index (χ4v) is 3.11. The number of halogens is 1. The van der Waals surface area contributed by atoms with Gasteiger partial charge in [-0.15, -0.1) is 0 Å². The topological polar surface area (TPSA) is 81.4 Å². The number of benzene rings is 2. The van der Waals surface area contributed by atoms with Crippen LogP contribution in [0.15, 0.2) is 51.8 Å². The molecule has 0 saturated carbocycles. The van der Waals surface area contributed by atoms with Crippen molar-refractivity contribution < 1.29 is 13.2 Å². The van der Waals surface area contributed by atoms with E-state index in [9.17, 15) is 8.42 Å². The highest BCUT2D eigenvalue weighted by Gasteiger charge is 2.15. The van der Waals surface area contributed by atoms with Gasteiger partial charge in [-0.25, -0.2) is 13.1 Å². The molecule has 0 saturated heterocycles. The fraction of sp³-hybridized carbons (Fsp3) is 0.143. The Hall–Kier alpha value is -1.57. The first-order valence-corrected chi connectivity index (χ1v) is 8.53. The lowest BCUT2D eigenvalue weighted by Gasteiger charge is -2.12. The Morgan fingerprint density at radius 1 is 1.19 bits per heavy atom. The van der Waals surface area contributed by atoms with Crippen molar-refractivity contribution in [2.75, 3.05) is 12.3 Å². The van der Waals surface area contributed by atoms with Crippen molar-refractivity contribution in [2.24, 2.45) is 0 Å². The lowest BCUT2D eigenvalue weighted by molar-refractivity contribution is 0.480. The second-order valence-electron chi connectivity index (χ2n) is 4.23. The van der Waals surface area contributed by atoms with Gasteiger partial charge in [0.05, 0.1) is 15.1 Å². The van der Waals surface area contributed by atoms with Crippen LogP contribution in [-0.4, -0.2) is 15.0 Å². The molecule has 2 aromatic rings. The molecule has 0 fully saturated rings. The van der Waals surface area contributed by atoms with Crippen LogP contribution in [0.4, 0.5) is 5.69 Å². The summed E-state index contributed by atoms with van der Waals surface area (Å²) in [5.74, 6) is 0.850. The molecule has 0 aliphatic heterocycles.